The van der Waals surface area contributed by atoms with Gasteiger partial charge in [-0.1, -0.05) is 41.9 Å². The molecule has 0 aliphatic carbocycles. The zero-order valence-electron chi connectivity index (χ0n) is 14.9. The SMILES string of the molecule is COC(=O)CCCNC(=O)c1cc(-c2ccc(Cl)cc2)nc2ccccc12. The van der Waals surface area contributed by atoms with Crippen molar-refractivity contribution >= 4 is 34.4 Å². The molecule has 0 atom stereocenters. The van der Waals surface area contributed by atoms with Crippen LogP contribution in [0.25, 0.3) is 22.2 Å². The van der Waals surface area contributed by atoms with Crippen LogP contribution in [-0.4, -0.2) is 30.5 Å². The molecule has 0 aliphatic heterocycles. The molecule has 3 aromatic rings. The molecule has 0 saturated heterocycles. The molecule has 0 unspecified atom stereocenters. The maximum absolute atomic E-state index is 12.7. The number of benzene rings is 2. The average molecular weight is 383 g/mol. The highest BCUT2D eigenvalue weighted by Crippen LogP contribution is 2.26. The summed E-state index contributed by atoms with van der Waals surface area (Å²) in [7, 11) is 1.35. The van der Waals surface area contributed by atoms with Gasteiger partial charge < -0.3 is 10.1 Å². The van der Waals surface area contributed by atoms with Crippen molar-refractivity contribution in [3.05, 3.63) is 65.2 Å². The largest absolute Gasteiger partial charge is 0.469 e. The van der Waals surface area contributed by atoms with Crippen LogP contribution in [0.5, 0.6) is 0 Å². The van der Waals surface area contributed by atoms with Gasteiger partial charge in [-0.2, -0.15) is 0 Å². The number of nitrogens with zero attached hydrogens (tertiary/aromatic N) is 1. The van der Waals surface area contributed by atoms with Crippen LogP contribution in [0, 0.1) is 0 Å². The number of esters is 1. The number of fused-ring (bicyclic) bond motifs is 1. The number of ether oxygens (including phenoxy) is 1. The Morgan fingerprint density at radius 1 is 1.11 bits per heavy atom. The molecule has 0 radical (unpaired) electrons. The summed E-state index contributed by atoms with van der Waals surface area (Å²) in [5.74, 6) is -0.489. The Bertz CT molecular complexity index is 971. The fourth-order valence-corrected chi connectivity index (χ4v) is 2.89. The van der Waals surface area contributed by atoms with Crippen LogP contribution in [0.2, 0.25) is 5.02 Å². The molecule has 1 heterocycles. The molecule has 1 N–H and O–H groups in total. The monoisotopic (exact) mass is 382 g/mol. The molecule has 138 valence electrons. The highest BCUT2D eigenvalue weighted by atomic mass is 35.5. The van der Waals surface area contributed by atoms with E-state index < -0.39 is 0 Å². The van der Waals surface area contributed by atoms with Gasteiger partial charge in [-0.15, -0.1) is 0 Å². The number of hydrogen-bond acceptors (Lipinski definition) is 4. The van der Waals surface area contributed by atoms with Crippen LogP contribution in [-0.2, 0) is 9.53 Å². The number of nitrogens with one attached hydrogen (secondary N) is 1. The number of pyridine rings is 1. The first kappa shape index (κ1) is 18.9. The third kappa shape index (κ3) is 4.63. The van der Waals surface area contributed by atoms with Crippen LogP contribution >= 0.6 is 11.6 Å². The van der Waals surface area contributed by atoms with Crippen molar-refractivity contribution in [2.45, 2.75) is 12.8 Å². The summed E-state index contributed by atoms with van der Waals surface area (Å²) < 4.78 is 4.60. The molecule has 0 fully saturated rings. The van der Waals surface area contributed by atoms with Crippen molar-refractivity contribution in [2.75, 3.05) is 13.7 Å². The molecule has 0 spiro atoms. The number of aromatic nitrogens is 1. The van der Waals surface area contributed by atoms with Crippen molar-refractivity contribution in [3.8, 4) is 11.3 Å². The molecule has 6 heteroatoms. The van der Waals surface area contributed by atoms with E-state index >= 15 is 0 Å². The Hall–Kier alpha value is -2.92. The van der Waals surface area contributed by atoms with Gasteiger partial charge in [0.2, 0.25) is 0 Å². The summed E-state index contributed by atoms with van der Waals surface area (Å²) >= 11 is 5.96. The van der Waals surface area contributed by atoms with Gasteiger partial charge in [0.1, 0.15) is 0 Å². The molecule has 2 aromatic carbocycles. The van der Waals surface area contributed by atoms with E-state index in [9.17, 15) is 9.59 Å². The van der Waals surface area contributed by atoms with Crippen LogP contribution in [0.3, 0.4) is 0 Å². The molecule has 3 rings (SSSR count). The van der Waals surface area contributed by atoms with Gasteiger partial charge in [0.05, 0.1) is 23.9 Å². The molecule has 0 aliphatic rings. The predicted octanol–water partition coefficient (Wildman–Crippen LogP) is 4.24. The van der Waals surface area contributed by atoms with Gasteiger partial charge in [0, 0.05) is 28.9 Å². The first-order chi connectivity index (χ1) is 13.1. The highest BCUT2D eigenvalue weighted by Gasteiger charge is 2.14. The maximum atomic E-state index is 12.7. The first-order valence-corrected chi connectivity index (χ1v) is 8.97. The van der Waals surface area contributed by atoms with Gasteiger partial charge in [-0.05, 0) is 30.7 Å². The number of carbonyl (C=O) groups excluding carboxylic acids is 2. The number of halogens is 1. The number of amides is 1. The standard InChI is InChI=1S/C21H19ClN2O3/c1-27-20(25)7-4-12-23-21(26)17-13-19(14-8-10-15(22)11-9-14)24-18-6-3-2-5-16(17)18/h2-3,5-6,8-11,13H,4,7,12H2,1H3,(H,23,26). The van der Waals surface area contributed by atoms with Crippen LogP contribution in [0.15, 0.2) is 54.6 Å². The zero-order valence-corrected chi connectivity index (χ0v) is 15.6. The lowest BCUT2D eigenvalue weighted by Gasteiger charge is -2.11. The summed E-state index contributed by atoms with van der Waals surface area (Å²) in [4.78, 5) is 28.6. The third-order valence-corrected chi connectivity index (χ3v) is 4.42. The van der Waals surface area contributed by atoms with Crippen molar-refractivity contribution in [1.29, 1.82) is 0 Å². The molecule has 27 heavy (non-hydrogen) atoms. The van der Waals surface area contributed by atoms with E-state index in [1.807, 2.05) is 36.4 Å². The minimum absolute atomic E-state index is 0.200. The van der Waals surface area contributed by atoms with Crippen molar-refractivity contribution in [3.63, 3.8) is 0 Å². The number of carbonyl (C=O) groups is 2. The van der Waals surface area contributed by atoms with E-state index in [-0.39, 0.29) is 18.3 Å². The van der Waals surface area contributed by atoms with Gasteiger partial charge in [0.15, 0.2) is 0 Å². The Morgan fingerprint density at radius 2 is 1.85 bits per heavy atom. The van der Waals surface area contributed by atoms with Crippen LogP contribution < -0.4 is 5.32 Å². The normalized spacial score (nSPS) is 10.6. The summed E-state index contributed by atoms with van der Waals surface area (Å²) in [6, 6.07) is 16.6. The molecule has 1 amide bonds. The second-order valence-corrected chi connectivity index (χ2v) is 6.45. The van der Waals surface area contributed by atoms with Gasteiger partial charge in [-0.3, -0.25) is 9.59 Å². The first-order valence-electron chi connectivity index (χ1n) is 8.59. The Morgan fingerprint density at radius 3 is 2.59 bits per heavy atom. The van der Waals surface area contributed by atoms with E-state index in [0.717, 1.165) is 16.5 Å². The van der Waals surface area contributed by atoms with Gasteiger partial charge in [-0.25, -0.2) is 4.98 Å². The topological polar surface area (TPSA) is 68.3 Å². The fourth-order valence-electron chi connectivity index (χ4n) is 2.76. The molecular weight excluding hydrogens is 364 g/mol. The molecular formula is C21H19ClN2O3. The molecule has 1 aromatic heterocycles. The van der Waals surface area contributed by atoms with E-state index in [1.54, 1.807) is 18.2 Å². The summed E-state index contributed by atoms with van der Waals surface area (Å²) in [6.07, 6.45) is 0.787. The van der Waals surface area contributed by atoms with Crippen molar-refractivity contribution < 1.29 is 14.3 Å². The smallest absolute Gasteiger partial charge is 0.305 e. The van der Waals surface area contributed by atoms with Gasteiger partial charge in [0.25, 0.3) is 5.91 Å². The molecule has 0 bridgehead atoms. The van der Waals surface area contributed by atoms with Gasteiger partial charge >= 0.3 is 5.97 Å². The number of para-hydroxylation sites is 1. The lowest BCUT2D eigenvalue weighted by atomic mass is 10.0. The average Bonchev–Trinajstić information content (AvgIpc) is 2.70. The minimum atomic E-state index is -0.288. The second-order valence-electron chi connectivity index (χ2n) is 6.01. The second kappa shape index (κ2) is 8.64. The quantitative estimate of drug-likeness (QED) is 0.511. The molecule has 0 saturated carbocycles. The number of methoxy groups -OCH3 is 1. The Labute approximate surface area is 162 Å². The fraction of sp³-hybridized carbons (Fsp3) is 0.190. The Balaban J connectivity index is 1.87. The van der Waals surface area contributed by atoms with E-state index in [2.05, 4.69) is 15.0 Å². The third-order valence-electron chi connectivity index (χ3n) is 4.17. The Kier molecular flexibility index (Phi) is 6.04. The summed E-state index contributed by atoms with van der Waals surface area (Å²) in [5, 5.41) is 4.28. The predicted molar refractivity (Wildman–Crippen MR) is 106 cm³/mol. The highest BCUT2D eigenvalue weighted by molar-refractivity contribution is 6.30. The minimum Gasteiger partial charge on any atom is -0.469 e. The zero-order chi connectivity index (χ0) is 19.2. The van der Waals surface area contributed by atoms with Crippen LogP contribution in [0.1, 0.15) is 23.2 Å². The summed E-state index contributed by atoms with van der Waals surface area (Å²) in [6.45, 7) is 0.390. The number of hydrogen-bond donors (Lipinski definition) is 1. The van der Waals surface area contributed by atoms with Crippen LogP contribution in [0.4, 0.5) is 0 Å². The number of rotatable bonds is 6. The van der Waals surface area contributed by atoms with Crippen molar-refractivity contribution in [1.82, 2.24) is 10.3 Å². The van der Waals surface area contributed by atoms with E-state index in [4.69, 9.17) is 11.6 Å². The lowest BCUT2D eigenvalue weighted by molar-refractivity contribution is -0.140. The molecule has 5 nitrogen and oxygen atoms in total. The lowest BCUT2D eigenvalue weighted by Crippen LogP contribution is -2.25. The maximum Gasteiger partial charge on any atom is 0.305 e. The van der Waals surface area contributed by atoms with Crippen molar-refractivity contribution in [2.24, 2.45) is 0 Å². The van der Waals surface area contributed by atoms with E-state index in [1.165, 1.54) is 7.11 Å². The van der Waals surface area contributed by atoms with E-state index in [0.29, 0.717) is 29.2 Å². The summed E-state index contributed by atoms with van der Waals surface area (Å²) in [5.41, 5.74) is 2.86.